The van der Waals surface area contributed by atoms with E-state index in [1.807, 2.05) is 0 Å². The number of fused-ring (bicyclic) bond motifs is 1. The van der Waals surface area contributed by atoms with Crippen LogP contribution >= 0.6 is 0 Å². The Kier molecular flexibility index (Phi) is 2.70. The van der Waals surface area contributed by atoms with Gasteiger partial charge in [-0.1, -0.05) is 27.7 Å². The fourth-order valence-electron chi connectivity index (χ4n) is 2.95. The van der Waals surface area contributed by atoms with Crippen LogP contribution in [0.1, 0.15) is 68.7 Å². The van der Waals surface area contributed by atoms with Crippen LogP contribution < -0.4 is 5.32 Å². The Bertz CT molecular complexity index is 477. The van der Waals surface area contributed by atoms with Crippen molar-refractivity contribution in [3.8, 4) is 0 Å². The Labute approximate surface area is 109 Å². The summed E-state index contributed by atoms with van der Waals surface area (Å²) in [6.45, 7) is 11.1. The standard InChI is InChI=1S/C15H23N3/c1-9(2)13-10-5-6-16-8-12(10)17-14(18-13)11-7-15(11,3)4/h9,11,16H,5-8H2,1-4H3. The quantitative estimate of drug-likeness (QED) is 0.870. The van der Waals surface area contributed by atoms with Gasteiger partial charge in [0.2, 0.25) is 0 Å². The second kappa shape index (κ2) is 4.02. The normalized spacial score (nSPS) is 25.1. The minimum absolute atomic E-state index is 0.407. The number of aromatic nitrogens is 2. The molecule has 98 valence electrons. The van der Waals surface area contributed by atoms with Gasteiger partial charge in [-0.2, -0.15) is 0 Å². The van der Waals surface area contributed by atoms with E-state index < -0.39 is 0 Å². The molecule has 1 atom stereocenters. The van der Waals surface area contributed by atoms with Gasteiger partial charge in [-0.25, -0.2) is 9.97 Å². The van der Waals surface area contributed by atoms with Gasteiger partial charge in [0.05, 0.1) is 11.4 Å². The zero-order valence-corrected chi connectivity index (χ0v) is 11.9. The molecule has 3 nitrogen and oxygen atoms in total. The highest BCUT2D eigenvalue weighted by Crippen LogP contribution is 2.57. The third-order valence-corrected chi connectivity index (χ3v) is 4.36. The third kappa shape index (κ3) is 1.95. The molecule has 0 spiro atoms. The molecule has 1 unspecified atom stereocenters. The molecule has 3 heteroatoms. The maximum absolute atomic E-state index is 4.90. The first kappa shape index (κ1) is 12.1. The lowest BCUT2D eigenvalue weighted by Gasteiger charge is -2.22. The summed E-state index contributed by atoms with van der Waals surface area (Å²) in [6.07, 6.45) is 2.31. The summed E-state index contributed by atoms with van der Waals surface area (Å²) in [5.41, 5.74) is 4.35. The van der Waals surface area contributed by atoms with Crippen LogP contribution in [0.5, 0.6) is 0 Å². The highest BCUT2D eigenvalue weighted by Gasteiger charge is 2.49. The van der Waals surface area contributed by atoms with Gasteiger partial charge in [0, 0.05) is 12.5 Å². The fraction of sp³-hybridized carbons (Fsp3) is 0.733. The van der Waals surface area contributed by atoms with Crippen molar-refractivity contribution in [3.63, 3.8) is 0 Å². The summed E-state index contributed by atoms with van der Waals surface area (Å²) in [5.74, 6) is 2.16. The van der Waals surface area contributed by atoms with Crippen molar-refractivity contribution in [2.24, 2.45) is 5.41 Å². The molecule has 18 heavy (non-hydrogen) atoms. The van der Waals surface area contributed by atoms with Crippen molar-refractivity contribution in [3.05, 3.63) is 22.8 Å². The van der Waals surface area contributed by atoms with Crippen molar-refractivity contribution in [1.82, 2.24) is 15.3 Å². The van der Waals surface area contributed by atoms with Crippen molar-refractivity contribution >= 4 is 0 Å². The molecule has 1 saturated carbocycles. The predicted octanol–water partition coefficient (Wildman–Crippen LogP) is 2.76. The molecule has 0 amide bonds. The topological polar surface area (TPSA) is 37.8 Å². The third-order valence-electron chi connectivity index (χ3n) is 4.36. The lowest BCUT2D eigenvalue weighted by Crippen LogP contribution is -2.27. The molecule has 0 aromatic carbocycles. The first-order valence-corrected chi connectivity index (χ1v) is 7.09. The second-order valence-corrected chi connectivity index (χ2v) is 6.72. The molecule has 1 aliphatic heterocycles. The summed E-state index contributed by atoms with van der Waals surface area (Å²) >= 11 is 0. The van der Waals surface area contributed by atoms with Crippen molar-refractivity contribution in [2.45, 2.75) is 58.9 Å². The summed E-state index contributed by atoms with van der Waals surface area (Å²) in [6, 6.07) is 0. The summed E-state index contributed by atoms with van der Waals surface area (Å²) in [5, 5.41) is 3.42. The first-order chi connectivity index (χ1) is 8.49. The molecule has 1 N–H and O–H groups in total. The van der Waals surface area contributed by atoms with Gasteiger partial charge in [-0.05, 0) is 36.3 Å². The number of rotatable bonds is 2. The van der Waals surface area contributed by atoms with E-state index in [0.29, 0.717) is 17.3 Å². The number of nitrogens with zero attached hydrogens (tertiary/aromatic N) is 2. The van der Waals surface area contributed by atoms with Gasteiger partial charge in [0.1, 0.15) is 5.82 Å². The van der Waals surface area contributed by atoms with E-state index in [9.17, 15) is 0 Å². The molecular weight excluding hydrogens is 222 g/mol. The van der Waals surface area contributed by atoms with Crippen LogP contribution in [-0.2, 0) is 13.0 Å². The molecule has 1 aromatic heterocycles. The van der Waals surface area contributed by atoms with Crippen molar-refractivity contribution in [2.75, 3.05) is 6.54 Å². The smallest absolute Gasteiger partial charge is 0.132 e. The largest absolute Gasteiger partial charge is 0.311 e. The van der Waals surface area contributed by atoms with E-state index in [4.69, 9.17) is 9.97 Å². The molecule has 2 aliphatic rings. The number of nitrogens with one attached hydrogen (secondary N) is 1. The first-order valence-electron chi connectivity index (χ1n) is 7.09. The van der Waals surface area contributed by atoms with Gasteiger partial charge < -0.3 is 5.32 Å². The van der Waals surface area contributed by atoms with E-state index in [0.717, 1.165) is 25.3 Å². The molecule has 0 bridgehead atoms. The maximum atomic E-state index is 4.90. The number of hydrogen-bond donors (Lipinski definition) is 1. The van der Waals surface area contributed by atoms with Crippen LogP contribution in [0.15, 0.2) is 0 Å². The summed E-state index contributed by atoms with van der Waals surface area (Å²) < 4.78 is 0. The van der Waals surface area contributed by atoms with Crippen molar-refractivity contribution < 1.29 is 0 Å². The fourth-order valence-corrected chi connectivity index (χ4v) is 2.95. The van der Waals surface area contributed by atoms with Crippen LogP contribution in [-0.4, -0.2) is 16.5 Å². The highest BCUT2D eigenvalue weighted by atomic mass is 15.0. The van der Waals surface area contributed by atoms with E-state index in [2.05, 4.69) is 33.0 Å². The minimum Gasteiger partial charge on any atom is -0.311 e. The Morgan fingerprint density at radius 3 is 2.61 bits per heavy atom. The lowest BCUT2D eigenvalue weighted by atomic mass is 9.97. The Balaban J connectivity index is 2.04. The monoisotopic (exact) mass is 245 g/mol. The second-order valence-electron chi connectivity index (χ2n) is 6.72. The van der Waals surface area contributed by atoms with E-state index >= 15 is 0 Å². The summed E-state index contributed by atoms with van der Waals surface area (Å²) in [7, 11) is 0. The van der Waals surface area contributed by atoms with Crippen LogP contribution in [0.4, 0.5) is 0 Å². The zero-order chi connectivity index (χ0) is 12.9. The van der Waals surface area contributed by atoms with Crippen LogP contribution in [0.25, 0.3) is 0 Å². The van der Waals surface area contributed by atoms with Gasteiger partial charge in [-0.15, -0.1) is 0 Å². The average molecular weight is 245 g/mol. The van der Waals surface area contributed by atoms with Crippen LogP contribution in [0.2, 0.25) is 0 Å². The molecular formula is C15H23N3. The molecule has 1 aromatic rings. The van der Waals surface area contributed by atoms with Gasteiger partial charge in [-0.3, -0.25) is 0 Å². The highest BCUT2D eigenvalue weighted by molar-refractivity contribution is 5.32. The van der Waals surface area contributed by atoms with E-state index in [-0.39, 0.29) is 0 Å². The summed E-state index contributed by atoms with van der Waals surface area (Å²) in [4.78, 5) is 9.74. The molecule has 0 radical (unpaired) electrons. The van der Waals surface area contributed by atoms with Gasteiger partial charge in [0.25, 0.3) is 0 Å². The molecule has 2 heterocycles. The Morgan fingerprint density at radius 2 is 2.00 bits per heavy atom. The molecule has 1 fully saturated rings. The SMILES string of the molecule is CC(C)c1nc(C2CC2(C)C)nc2c1CCNC2. The Morgan fingerprint density at radius 1 is 1.28 bits per heavy atom. The predicted molar refractivity (Wildman–Crippen MR) is 72.7 cm³/mol. The van der Waals surface area contributed by atoms with Crippen molar-refractivity contribution in [1.29, 1.82) is 0 Å². The average Bonchev–Trinajstić information content (AvgIpc) is 2.97. The van der Waals surface area contributed by atoms with Gasteiger partial charge in [0.15, 0.2) is 0 Å². The maximum Gasteiger partial charge on any atom is 0.132 e. The zero-order valence-electron chi connectivity index (χ0n) is 11.9. The van der Waals surface area contributed by atoms with Gasteiger partial charge >= 0.3 is 0 Å². The minimum atomic E-state index is 0.407. The molecule has 1 aliphatic carbocycles. The molecule has 0 saturated heterocycles. The van der Waals surface area contributed by atoms with E-state index in [1.54, 1.807) is 0 Å². The van der Waals surface area contributed by atoms with E-state index in [1.165, 1.54) is 23.4 Å². The van der Waals surface area contributed by atoms with Crippen LogP contribution in [0, 0.1) is 5.41 Å². The lowest BCUT2D eigenvalue weighted by molar-refractivity contribution is 0.576. The molecule has 3 rings (SSSR count). The van der Waals surface area contributed by atoms with Crippen LogP contribution in [0.3, 0.4) is 0 Å². The number of hydrogen-bond acceptors (Lipinski definition) is 3. The Hall–Kier alpha value is -0.960.